The van der Waals surface area contributed by atoms with E-state index < -0.39 is 11.6 Å². The van der Waals surface area contributed by atoms with Crippen LogP contribution < -0.4 is 0 Å². The summed E-state index contributed by atoms with van der Waals surface area (Å²) in [6, 6.07) is 11.0. The van der Waals surface area contributed by atoms with Crippen molar-refractivity contribution in [1.29, 1.82) is 0 Å². The standard InChI is InChI=1S/C21H22F2N2O2S/c1-15(16-7-8-19(22)20(23)11-16)24(2)21(26)14-25(12-17-5-3-9-27-17)13-18-6-4-10-28-18/h3-11,15H,12-14H2,1-2H3. The number of amides is 1. The maximum absolute atomic E-state index is 13.5. The van der Waals surface area contributed by atoms with Gasteiger partial charge in [0.05, 0.1) is 25.4 Å². The van der Waals surface area contributed by atoms with Gasteiger partial charge in [-0.15, -0.1) is 11.3 Å². The molecule has 0 fully saturated rings. The first-order valence-corrected chi connectivity index (χ1v) is 9.79. The van der Waals surface area contributed by atoms with E-state index in [2.05, 4.69) is 0 Å². The monoisotopic (exact) mass is 404 g/mol. The van der Waals surface area contributed by atoms with Gasteiger partial charge in [-0.3, -0.25) is 9.69 Å². The summed E-state index contributed by atoms with van der Waals surface area (Å²) in [7, 11) is 1.67. The Morgan fingerprint density at radius 1 is 1.14 bits per heavy atom. The molecule has 0 N–H and O–H groups in total. The Kier molecular flexibility index (Phi) is 6.59. The summed E-state index contributed by atoms with van der Waals surface area (Å²) >= 11 is 1.63. The van der Waals surface area contributed by atoms with Gasteiger partial charge in [0.25, 0.3) is 0 Å². The fourth-order valence-electron chi connectivity index (χ4n) is 2.93. The van der Waals surface area contributed by atoms with Crippen molar-refractivity contribution in [3.05, 3.63) is 81.9 Å². The molecular weight excluding hydrogens is 382 g/mol. The minimum absolute atomic E-state index is 0.111. The van der Waals surface area contributed by atoms with Crippen LogP contribution in [0.15, 0.2) is 58.5 Å². The highest BCUT2D eigenvalue weighted by Crippen LogP contribution is 2.22. The van der Waals surface area contributed by atoms with Gasteiger partial charge in [-0.2, -0.15) is 0 Å². The molecule has 0 spiro atoms. The van der Waals surface area contributed by atoms with Crippen LogP contribution >= 0.6 is 11.3 Å². The van der Waals surface area contributed by atoms with Crippen molar-refractivity contribution < 1.29 is 18.0 Å². The van der Waals surface area contributed by atoms with E-state index >= 15 is 0 Å². The van der Waals surface area contributed by atoms with E-state index in [1.807, 2.05) is 34.5 Å². The van der Waals surface area contributed by atoms with Gasteiger partial charge < -0.3 is 9.32 Å². The SMILES string of the molecule is CC(c1ccc(F)c(F)c1)N(C)C(=O)CN(Cc1ccco1)Cc1cccs1. The number of hydrogen-bond acceptors (Lipinski definition) is 4. The minimum atomic E-state index is -0.914. The molecule has 1 unspecified atom stereocenters. The fraction of sp³-hybridized carbons (Fsp3) is 0.286. The van der Waals surface area contributed by atoms with Crippen LogP contribution in [-0.4, -0.2) is 29.3 Å². The highest BCUT2D eigenvalue weighted by Gasteiger charge is 2.22. The van der Waals surface area contributed by atoms with Crippen molar-refractivity contribution in [3.8, 4) is 0 Å². The van der Waals surface area contributed by atoms with Gasteiger partial charge in [-0.05, 0) is 48.2 Å². The zero-order chi connectivity index (χ0) is 20.1. The normalized spacial score (nSPS) is 12.3. The molecule has 0 radical (unpaired) electrons. The maximum atomic E-state index is 13.5. The van der Waals surface area contributed by atoms with E-state index in [-0.39, 0.29) is 18.5 Å². The number of likely N-dealkylation sites (N-methyl/N-ethyl adjacent to an activating group) is 1. The van der Waals surface area contributed by atoms with E-state index in [9.17, 15) is 13.6 Å². The first-order chi connectivity index (χ1) is 13.4. The van der Waals surface area contributed by atoms with Crippen LogP contribution in [-0.2, 0) is 17.9 Å². The third-order valence-electron chi connectivity index (χ3n) is 4.68. The van der Waals surface area contributed by atoms with Crippen molar-refractivity contribution in [3.63, 3.8) is 0 Å². The Morgan fingerprint density at radius 2 is 1.96 bits per heavy atom. The molecule has 1 aromatic carbocycles. The van der Waals surface area contributed by atoms with E-state index in [4.69, 9.17) is 4.42 Å². The topological polar surface area (TPSA) is 36.7 Å². The molecular formula is C21H22F2N2O2S. The van der Waals surface area contributed by atoms with Gasteiger partial charge in [0.15, 0.2) is 11.6 Å². The first kappa shape index (κ1) is 20.2. The predicted molar refractivity (Wildman–Crippen MR) is 105 cm³/mol. The van der Waals surface area contributed by atoms with Gasteiger partial charge in [0, 0.05) is 18.5 Å². The largest absolute Gasteiger partial charge is 0.468 e. The van der Waals surface area contributed by atoms with Crippen molar-refractivity contribution in [2.75, 3.05) is 13.6 Å². The fourth-order valence-corrected chi connectivity index (χ4v) is 3.67. The number of hydrogen-bond donors (Lipinski definition) is 0. The lowest BCUT2D eigenvalue weighted by molar-refractivity contribution is -0.133. The smallest absolute Gasteiger partial charge is 0.237 e. The second-order valence-corrected chi connectivity index (χ2v) is 7.69. The second kappa shape index (κ2) is 9.12. The van der Waals surface area contributed by atoms with Gasteiger partial charge in [0.1, 0.15) is 5.76 Å². The summed E-state index contributed by atoms with van der Waals surface area (Å²) in [5.41, 5.74) is 0.547. The van der Waals surface area contributed by atoms with Crippen molar-refractivity contribution in [2.45, 2.75) is 26.1 Å². The molecule has 0 bridgehead atoms. The summed E-state index contributed by atoms with van der Waals surface area (Å²) in [6.07, 6.45) is 1.61. The number of carbonyl (C=O) groups excluding carboxylic acids is 1. The summed E-state index contributed by atoms with van der Waals surface area (Å²) in [5.74, 6) is -1.14. The Hall–Kier alpha value is -2.51. The Bertz CT molecular complexity index is 861. The van der Waals surface area contributed by atoms with Crippen LogP contribution in [0.5, 0.6) is 0 Å². The molecule has 0 saturated heterocycles. The molecule has 2 aromatic heterocycles. The molecule has 3 aromatic rings. The second-order valence-electron chi connectivity index (χ2n) is 6.66. The van der Waals surface area contributed by atoms with E-state index in [1.54, 1.807) is 36.5 Å². The van der Waals surface area contributed by atoms with E-state index in [0.717, 1.165) is 22.8 Å². The molecule has 3 rings (SSSR count). The van der Waals surface area contributed by atoms with Crippen molar-refractivity contribution in [2.24, 2.45) is 0 Å². The van der Waals surface area contributed by atoms with E-state index in [1.165, 1.54) is 6.07 Å². The Morgan fingerprint density at radius 3 is 2.61 bits per heavy atom. The molecule has 4 nitrogen and oxygen atoms in total. The third kappa shape index (κ3) is 5.05. The van der Waals surface area contributed by atoms with Crippen molar-refractivity contribution >= 4 is 17.2 Å². The van der Waals surface area contributed by atoms with Gasteiger partial charge in [-0.25, -0.2) is 8.78 Å². The zero-order valence-corrected chi connectivity index (χ0v) is 16.6. The lowest BCUT2D eigenvalue weighted by Gasteiger charge is -2.28. The average molecular weight is 404 g/mol. The number of carbonyl (C=O) groups is 1. The lowest BCUT2D eigenvalue weighted by atomic mass is 10.1. The Balaban J connectivity index is 1.69. The number of rotatable bonds is 8. The van der Waals surface area contributed by atoms with Gasteiger partial charge in [0.2, 0.25) is 5.91 Å². The molecule has 148 valence electrons. The number of nitrogens with zero attached hydrogens (tertiary/aromatic N) is 2. The van der Waals surface area contributed by atoms with Crippen LogP contribution in [0, 0.1) is 11.6 Å². The lowest BCUT2D eigenvalue weighted by Crippen LogP contribution is -2.39. The summed E-state index contributed by atoms with van der Waals surface area (Å²) in [6.45, 7) is 3.10. The van der Waals surface area contributed by atoms with Crippen LogP contribution in [0.3, 0.4) is 0 Å². The molecule has 7 heteroatoms. The molecule has 0 aliphatic carbocycles. The summed E-state index contributed by atoms with van der Waals surface area (Å²) in [5, 5.41) is 2.00. The number of furan rings is 1. The summed E-state index contributed by atoms with van der Waals surface area (Å²) in [4.78, 5) is 17.6. The quantitative estimate of drug-likeness (QED) is 0.539. The predicted octanol–water partition coefficient (Wildman–Crippen LogP) is 4.84. The maximum Gasteiger partial charge on any atom is 0.237 e. The van der Waals surface area contributed by atoms with Crippen LogP contribution in [0.4, 0.5) is 8.78 Å². The number of benzene rings is 1. The molecule has 28 heavy (non-hydrogen) atoms. The third-order valence-corrected chi connectivity index (χ3v) is 5.54. The summed E-state index contributed by atoms with van der Waals surface area (Å²) < 4.78 is 32.2. The zero-order valence-electron chi connectivity index (χ0n) is 15.8. The van der Waals surface area contributed by atoms with Gasteiger partial charge in [-0.1, -0.05) is 12.1 Å². The van der Waals surface area contributed by atoms with E-state index in [0.29, 0.717) is 18.7 Å². The first-order valence-electron chi connectivity index (χ1n) is 8.91. The van der Waals surface area contributed by atoms with Crippen LogP contribution in [0.1, 0.15) is 29.2 Å². The molecule has 1 amide bonds. The van der Waals surface area contributed by atoms with Crippen LogP contribution in [0.25, 0.3) is 0 Å². The molecule has 0 saturated carbocycles. The number of thiophene rings is 1. The molecule has 1 atom stereocenters. The van der Waals surface area contributed by atoms with Crippen molar-refractivity contribution in [1.82, 2.24) is 9.80 Å². The highest BCUT2D eigenvalue weighted by molar-refractivity contribution is 7.09. The molecule has 2 heterocycles. The number of halogens is 2. The minimum Gasteiger partial charge on any atom is -0.468 e. The highest BCUT2D eigenvalue weighted by atomic mass is 32.1. The molecule has 0 aliphatic heterocycles. The molecule has 0 aliphatic rings. The Labute approximate surface area is 167 Å². The van der Waals surface area contributed by atoms with Crippen LogP contribution in [0.2, 0.25) is 0 Å². The average Bonchev–Trinajstić information content (AvgIpc) is 3.37. The van der Waals surface area contributed by atoms with Gasteiger partial charge >= 0.3 is 0 Å².